The highest BCUT2D eigenvalue weighted by Gasteiger charge is 2.31. The highest BCUT2D eigenvalue weighted by molar-refractivity contribution is 5.95. The van der Waals surface area contributed by atoms with E-state index in [4.69, 9.17) is 5.73 Å². The zero-order chi connectivity index (χ0) is 14.9. The molecule has 0 heterocycles. The van der Waals surface area contributed by atoms with E-state index in [-0.39, 0.29) is 28.7 Å². The van der Waals surface area contributed by atoms with Crippen LogP contribution >= 0.6 is 0 Å². The molecule has 0 saturated heterocycles. The van der Waals surface area contributed by atoms with Gasteiger partial charge in [0.15, 0.2) is 0 Å². The van der Waals surface area contributed by atoms with Gasteiger partial charge in [0.25, 0.3) is 11.6 Å². The molecule has 1 fully saturated rings. The first kappa shape index (κ1) is 14.3. The first-order valence-electron chi connectivity index (χ1n) is 6.63. The highest BCUT2D eigenvalue weighted by Crippen LogP contribution is 2.37. The second-order valence-corrected chi connectivity index (χ2v) is 6.11. The van der Waals surface area contributed by atoms with E-state index < -0.39 is 4.92 Å². The Bertz CT molecular complexity index is 555. The molecule has 1 aromatic carbocycles. The summed E-state index contributed by atoms with van der Waals surface area (Å²) in [6, 6.07) is 4.22. The van der Waals surface area contributed by atoms with Crippen molar-refractivity contribution in [2.45, 2.75) is 39.2 Å². The molecule has 108 valence electrons. The Hall–Kier alpha value is -2.11. The van der Waals surface area contributed by atoms with E-state index in [2.05, 4.69) is 19.2 Å². The molecule has 1 aromatic rings. The Morgan fingerprint density at radius 1 is 1.50 bits per heavy atom. The summed E-state index contributed by atoms with van der Waals surface area (Å²) in [5.41, 5.74) is 6.04. The lowest BCUT2D eigenvalue weighted by Gasteiger charge is -2.17. The van der Waals surface area contributed by atoms with Gasteiger partial charge in [0.05, 0.1) is 4.92 Å². The third-order valence-electron chi connectivity index (χ3n) is 3.79. The molecule has 20 heavy (non-hydrogen) atoms. The Kier molecular flexibility index (Phi) is 3.65. The predicted octanol–water partition coefficient (Wildman–Crippen LogP) is 2.49. The normalized spacial score (nSPS) is 20.6. The molecule has 1 aliphatic carbocycles. The summed E-state index contributed by atoms with van der Waals surface area (Å²) < 4.78 is 0. The number of nitro benzene ring substituents is 1. The van der Waals surface area contributed by atoms with Crippen molar-refractivity contribution >= 4 is 17.3 Å². The molecule has 0 spiro atoms. The lowest BCUT2D eigenvalue weighted by atomic mass is 9.92. The fourth-order valence-corrected chi connectivity index (χ4v) is 2.69. The third-order valence-corrected chi connectivity index (χ3v) is 3.79. The van der Waals surface area contributed by atoms with Crippen molar-refractivity contribution in [3.63, 3.8) is 0 Å². The zero-order valence-electron chi connectivity index (χ0n) is 11.7. The third kappa shape index (κ3) is 3.07. The van der Waals surface area contributed by atoms with Gasteiger partial charge >= 0.3 is 0 Å². The molecule has 0 radical (unpaired) electrons. The molecule has 6 nitrogen and oxygen atoms in total. The minimum absolute atomic E-state index is 0.00871. The van der Waals surface area contributed by atoms with Crippen LogP contribution in [0.4, 0.5) is 11.4 Å². The van der Waals surface area contributed by atoms with Gasteiger partial charge in [0.1, 0.15) is 5.69 Å². The molecular weight excluding hydrogens is 258 g/mol. The molecule has 0 bridgehead atoms. The van der Waals surface area contributed by atoms with E-state index in [9.17, 15) is 14.9 Å². The number of hydrogen-bond donors (Lipinski definition) is 2. The van der Waals surface area contributed by atoms with Crippen LogP contribution in [0, 0.1) is 15.5 Å². The average Bonchev–Trinajstić information content (AvgIpc) is 2.68. The molecule has 0 aliphatic heterocycles. The maximum atomic E-state index is 12.1. The van der Waals surface area contributed by atoms with Gasteiger partial charge in [0.2, 0.25) is 0 Å². The van der Waals surface area contributed by atoms with Crippen molar-refractivity contribution in [3.05, 3.63) is 33.9 Å². The first-order valence-corrected chi connectivity index (χ1v) is 6.63. The molecule has 6 heteroatoms. The highest BCUT2D eigenvalue weighted by atomic mass is 16.6. The number of nitrogens with two attached hydrogens (primary N) is 1. The summed E-state index contributed by atoms with van der Waals surface area (Å²) >= 11 is 0. The molecule has 2 rings (SSSR count). The number of nitrogens with zero attached hydrogens (tertiary/aromatic N) is 1. The van der Waals surface area contributed by atoms with Crippen LogP contribution in [0.3, 0.4) is 0 Å². The van der Waals surface area contributed by atoms with Crippen molar-refractivity contribution in [3.8, 4) is 0 Å². The largest absolute Gasteiger partial charge is 0.393 e. The van der Waals surface area contributed by atoms with Crippen molar-refractivity contribution in [2.75, 3.05) is 5.73 Å². The predicted molar refractivity (Wildman–Crippen MR) is 76.4 cm³/mol. The number of hydrogen-bond acceptors (Lipinski definition) is 4. The quantitative estimate of drug-likeness (QED) is 0.503. The van der Waals surface area contributed by atoms with Crippen LogP contribution in [0.15, 0.2) is 18.2 Å². The fourth-order valence-electron chi connectivity index (χ4n) is 2.69. The molecular formula is C14H19N3O3. The summed E-state index contributed by atoms with van der Waals surface area (Å²) in [5, 5.41) is 13.6. The van der Waals surface area contributed by atoms with Crippen LogP contribution in [0.2, 0.25) is 0 Å². The molecule has 1 aliphatic rings. The van der Waals surface area contributed by atoms with Gasteiger partial charge in [-0.3, -0.25) is 14.9 Å². The van der Waals surface area contributed by atoms with Gasteiger partial charge in [-0.05, 0) is 36.8 Å². The number of rotatable bonds is 3. The Balaban J connectivity index is 2.07. The van der Waals surface area contributed by atoms with Gasteiger partial charge < -0.3 is 11.1 Å². The van der Waals surface area contributed by atoms with Gasteiger partial charge in [0, 0.05) is 17.7 Å². The second-order valence-electron chi connectivity index (χ2n) is 6.11. The van der Waals surface area contributed by atoms with Crippen LogP contribution in [-0.2, 0) is 0 Å². The van der Waals surface area contributed by atoms with Crippen LogP contribution < -0.4 is 11.1 Å². The van der Waals surface area contributed by atoms with Gasteiger partial charge in [-0.1, -0.05) is 13.8 Å². The lowest BCUT2D eigenvalue weighted by Crippen LogP contribution is -2.33. The van der Waals surface area contributed by atoms with E-state index in [1.807, 2.05) is 0 Å². The summed E-state index contributed by atoms with van der Waals surface area (Å²) in [4.78, 5) is 22.2. The topological polar surface area (TPSA) is 98.3 Å². The zero-order valence-corrected chi connectivity index (χ0v) is 11.7. The number of anilines is 1. The fraction of sp³-hybridized carbons (Fsp3) is 0.500. The van der Waals surface area contributed by atoms with Crippen molar-refractivity contribution in [2.24, 2.45) is 5.41 Å². The molecule has 1 atom stereocenters. The lowest BCUT2D eigenvalue weighted by molar-refractivity contribution is -0.383. The molecule has 1 saturated carbocycles. The van der Waals surface area contributed by atoms with Crippen molar-refractivity contribution in [1.82, 2.24) is 5.32 Å². The van der Waals surface area contributed by atoms with Crippen LogP contribution in [0.5, 0.6) is 0 Å². The monoisotopic (exact) mass is 277 g/mol. The summed E-state index contributed by atoms with van der Waals surface area (Å²) in [6.07, 6.45) is 2.99. The Labute approximate surface area is 117 Å². The van der Waals surface area contributed by atoms with E-state index in [0.717, 1.165) is 19.3 Å². The van der Waals surface area contributed by atoms with Gasteiger partial charge in [-0.15, -0.1) is 0 Å². The van der Waals surface area contributed by atoms with Crippen molar-refractivity contribution < 1.29 is 9.72 Å². The van der Waals surface area contributed by atoms with Gasteiger partial charge in [-0.25, -0.2) is 0 Å². The molecule has 1 unspecified atom stereocenters. The number of carbonyl (C=O) groups excluding carboxylic acids is 1. The molecule has 3 N–H and O–H groups in total. The maximum Gasteiger partial charge on any atom is 0.292 e. The number of carbonyl (C=O) groups is 1. The first-order chi connectivity index (χ1) is 9.28. The Morgan fingerprint density at radius 2 is 2.20 bits per heavy atom. The minimum atomic E-state index is -0.559. The molecule has 1 amide bonds. The van der Waals surface area contributed by atoms with Crippen molar-refractivity contribution in [1.29, 1.82) is 0 Å². The van der Waals surface area contributed by atoms with Crippen LogP contribution in [0.1, 0.15) is 43.5 Å². The van der Waals surface area contributed by atoms with E-state index in [1.54, 1.807) is 0 Å². The Morgan fingerprint density at radius 3 is 2.70 bits per heavy atom. The van der Waals surface area contributed by atoms with E-state index in [1.165, 1.54) is 18.2 Å². The van der Waals surface area contributed by atoms with Crippen LogP contribution in [0.25, 0.3) is 0 Å². The second kappa shape index (κ2) is 5.11. The van der Waals surface area contributed by atoms with E-state index in [0.29, 0.717) is 5.56 Å². The van der Waals surface area contributed by atoms with Gasteiger partial charge in [-0.2, -0.15) is 0 Å². The van der Waals surface area contributed by atoms with E-state index >= 15 is 0 Å². The standard InChI is InChI=1S/C14H19N3O3/c1-14(2)6-5-10(8-14)16-13(18)9-3-4-12(17(19)20)11(15)7-9/h3-4,7,10H,5-6,8,15H2,1-2H3,(H,16,18). The number of amides is 1. The maximum absolute atomic E-state index is 12.1. The summed E-state index contributed by atoms with van der Waals surface area (Å²) in [5.74, 6) is -0.228. The average molecular weight is 277 g/mol. The minimum Gasteiger partial charge on any atom is -0.393 e. The molecule has 0 aromatic heterocycles. The number of nitro groups is 1. The summed E-state index contributed by atoms with van der Waals surface area (Å²) in [7, 11) is 0. The number of nitrogen functional groups attached to an aromatic ring is 1. The summed E-state index contributed by atoms with van der Waals surface area (Å²) in [6.45, 7) is 4.37. The SMILES string of the molecule is CC1(C)CCC(NC(=O)c2ccc([N+](=O)[O-])c(N)c2)C1. The number of nitrogens with one attached hydrogen (secondary N) is 1. The smallest absolute Gasteiger partial charge is 0.292 e. The number of benzene rings is 1. The van der Waals surface area contributed by atoms with Crippen LogP contribution in [-0.4, -0.2) is 16.9 Å².